The predicted molar refractivity (Wildman–Crippen MR) is 69.7 cm³/mol. The van der Waals surface area contributed by atoms with Gasteiger partial charge in [-0.2, -0.15) is 0 Å². The smallest absolute Gasteiger partial charge is 0.223 e. The third-order valence-corrected chi connectivity index (χ3v) is 3.26. The molecule has 0 aliphatic carbocycles. The summed E-state index contributed by atoms with van der Waals surface area (Å²) in [5, 5.41) is 0. The number of rotatable bonds is 3. The molecule has 4 heteroatoms. The number of hydrogen-bond donors (Lipinski definition) is 1. The van der Waals surface area contributed by atoms with E-state index in [1.54, 1.807) is 0 Å². The van der Waals surface area contributed by atoms with Crippen LogP contribution in [0.3, 0.4) is 0 Å². The van der Waals surface area contributed by atoms with Crippen LogP contribution in [-0.4, -0.2) is 29.9 Å². The van der Waals surface area contributed by atoms with E-state index < -0.39 is 0 Å². The SMILES string of the molecule is CC(C)CC(=O)N1CCCC(C)C1CN.Cl. The second-order valence-corrected chi connectivity index (χ2v) is 5.11. The minimum atomic E-state index is 0. The number of hydrogen-bond acceptors (Lipinski definition) is 2. The summed E-state index contributed by atoms with van der Waals surface area (Å²) >= 11 is 0. The molecule has 96 valence electrons. The average Bonchev–Trinajstić information content (AvgIpc) is 2.16. The van der Waals surface area contributed by atoms with Gasteiger partial charge < -0.3 is 10.6 Å². The molecule has 1 saturated heterocycles. The summed E-state index contributed by atoms with van der Waals surface area (Å²) in [6.45, 7) is 7.88. The van der Waals surface area contributed by atoms with Crippen LogP contribution in [0.25, 0.3) is 0 Å². The Balaban J connectivity index is 0.00000225. The lowest BCUT2D eigenvalue weighted by molar-refractivity contribution is -0.136. The maximum absolute atomic E-state index is 12.0. The molecule has 0 aromatic rings. The van der Waals surface area contributed by atoms with Gasteiger partial charge in [0, 0.05) is 25.6 Å². The highest BCUT2D eigenvalue weighted by atomic mass is 35.5. The van der Waals surface area contributed by atoms with E-state index in [0.29, 0.717) is 24.8 Å². The van der Waals surface area contributed by atoms with Crippen molar-refractivity contribution in [3.63, 3.8) is 0 Å². The maximum Gasteiger partial charge on any atom is 0.223 e. The van der Waals surface area contributed by atoms with Crippen LogP contribution < -0.4 is 5.73 Å². The number of carbonyl (C=O) groups excluding carboxylic acids is 1. The van der Waals surface area contributed by atoms with Crippen LogP contribution in [0, 0.1) is 11.8 Å². The molecule has 2 atom stereocenters. The van der Waals surface area contributed by atoms with Crippen LogP contribution in [0.5, 0.6) is 0 Å². The van der Waals surface area contributed by atoms with Crippen molar-refractivity contribution in [1.82, 2.24) is 4.90 Å². The predicted octanol–water partition coefficient (Wildman–Crippen LogP) is 2.04. The van der Waals surface area contributed by atoms with Gasteiger partial charge in [-0.25, -0.2) is 0 Å². The van der Waals surface area contributed by atoms with Crippen molar-refractivity contribution in [2.24, 2.45) is 17.6 Å². The molecule has 1 rings (SSSR count). The van der Waals surface area contributed by atoms with E-state index in [1.165, 1.54) is 6.42 Å². The van der Waals surface area contributed by atoms with Gasteiger partial charge in [0.05, 0.1) is 0 Å². The standard InChI is InChI=1S/C12H24N2O.ClH/c1-9(2)7-12(15)14-6-4-5-10(3)11(14)8-13;/h9-11H,4-8,13H2,1-3H3;1H. The minimum absolute atomic E-state index is 0. The molecule has 0 radical (unpaired) electrons. The second kappa shape index (κ2) is 7.13. The van der Waals surface area contributed by atoms with Crippen molar-refractivity contribution in [3.05, 3.63) is 0 Å². The van der Waals surface area contributed by atoms with Gasteiger partial charge in [-0.05, 0) is 24.7 Å². The molecule has 0 aromatic carbocycles. The van der Waals surface area contributed by atoms with E-state index in [0.717, 1.165) is 13.0 Å². The Hall–Kier alpha value is -0.280. The Morgan fingerprint density at radius 3 is 2.62 bits per heavy atom. The van der Waals surface area contributed by atoms with Gasteiger partial charge >= 0.3 is 0 Å². The molecule has 2 N–H and O–H groups in total. The second-order valence-electron chi connectivity index (χ2n) is 5.11. The fraction of sp³-hybridized carbons (Fsp3) is 0.917. The largest absolute Gasteiger partial charge is 0.338 e. The molecule has 1 heterocycles. The molecule has 3 nitrogen and oxygen atoms in total. The molecular weight excluding hydrogens is 224 g/mol. The van der Waals surface area contributed by atoms with Gasteiger partial charge in [0.15, 0.2) is 0 Å². The third-order valence-electron chi connectivity index (χ3n) is 3.26. The Bertz CT molecular complexity index is 221. The maximum atomic E-state index is 12.0. The van der Waals surface area contributed by atoms with Crippen LogP contribution >= 0.6 is 12.4 Å². The van der Waals surface area contributed by atoms with E-state index in [2.05, 4.69) is 20.8 Å². The number of likely N-dealkylation sites (tertiary alicyclic amines) is 1. The molecule has 0 saturated carbocycles. The summed E-state index contributed by atoms with van der Waals surface area (Å²) < 4.78 is 0. The lowest BCUT2D eigenvalue weighted by Crippen LogP contribution is -2.51. The monoisotopic (exact) mass is 248 g/mol. The van der Waals surface area contributed by atoms with Gasteiger partial charge in [-0.3, -0.25) is 4.79 Å². The molecule has 1 amide bonds. The molecule has 1 aliphatic rings. The number of carbonyl (C=O) groups is 1. The number of piperidine rings is 1. The normalized spacial score (nSPS) is 25.4. The fourth-order valence-corrected chi connectivity index (χ4v) is 2.38. The van der Waals surface area contributed by atoms with E-state index in [1.807, 2.05) is 4.90 Å². The van der Waals surface area contributed by atoms with Gasteiger partial charge in [0.2, 0.25) is 5.91 Å². The van der Waals surface area contributed by atoms with Crippen molar-refractivity contribution < 1.29 is 4.79 Å². The topological polar surface area (TPSA) is 46.3 Å². The van der Waals surface area contributed by atoms with Crippen molar-refractivity contribution in [1.29, 1.82) is 0 Å². The summed E-state index contributed by atoms with van der Waals surface area (Å²) in [5.41, 5.74) is 5.76. The summed E-state index contributed by atoms with van der Waals surface area (Å²) in [6, 6.07) is 0.269. The Morgan fingerprint density at radius 2 is 2.12 bits per heavy atom. The van der Waals surface area contributed by atoms with Crippen LogP contribution in [-0.2, 0) is 4.79 Å². The van der Waals surface area contributed by atoms with Gasteiger partial charge in [0.25, 0.3) is 0 Å². The van der Waals surface area contributed by atoms with E-state index in [9.17, 15) is 4.79 Å². The number of nitrogens with zero attached hydrogens (tertiary/aromatic N) is 1. The van der Waals surface area contributed by atoms with Gasteiger partial charge in [-0.1, -0.05) is 20.8 Å². The molecule has 16 heavy (non-hydrogen) atoms. The molecule has 0 spiro atoms. The summed E-state index contributed by atoms with van der Waals surface area (Å²) in [5.74, 6) is 1.28. The lowest BCUT2D eigenvalue weighted by atomic mass is 9.90. The Labute approximate surface area is 105 Å². The first-order valence-electron chi connectivity index (χ1n) is 6.05. The first-order chi connectivity index (χ1) is 7.06. The van der Waals surface area contributed by atoms with Crippen LogP contribution in [0.15, 0.2) is 0 Å². The van der Waals surface area contributed by atoms with Crippen molar-refractivity contribution in [3.8, 4) is 0 Å². The first-order valence-corrected chi connectivity index (χ1v) is 6.05. The zero-order valence-corrected chi connectivity index (χ0v) is 11.4. The number of amides is 1. The average molecular weight is 249 g/mol. The highest BCUT2D eigenvalue weighted by Gasteiger charge is 2.30. The molecule has 2 unspecified atom stereocenters. The zero-order chi connectivity index (χ0) is 11.4. The number of nitrogens with two attached hydrogens (primary N) is 1. The zero-order valence-electron chi connectivity index (χ0n) is 10.6. The summed E-state index contributed by atoms with van der Waals surface area (Å²) in [4.78, 5) is 14.0. The third kappa shape index (κ3) is 3.95. The number of halogens is 1. The summed E-state index contributed by atoms with van der Waals surface area (Å²) in [6.07, 6.45) is 2.98. The van der Waals surface area contributed by atoms with E-state index >= 15 is 0 Å². The van der Waals surface area contributed by atoms with Crippen molar-refractivity contribution >= 4 is 18.3 Å². The molecular formula is C12H25ClN2O. The molecule has 0 aromatic heterocycles. The van der Waals surface area contributed by atoms with Crippen LogP contribution in [0.4, 0.5) is 0 Å². The Kier molecular flexibility index (Phi) is 7.00. The first kappa shape index (κ1) is 15.7. The summed E-state index contributed by atoms with van der Waals surface area (Å²) in [7, 11) is 0. The lowest BCUT2D eigenvalue weighted by Gasteiger charge is -2.39. The highest BCUT2D eigenvalue weighted by molar-refractivity contribution is 5.85. The minimum Gasteiger partial charge on any atom is -0.338 e. The van der Waals surface area contributed by atoms with E-state index in [-0.39, 0.29) is 24.4 Å². The quantitative estimate of drug-likeness (QED) is 0.831. The fourth-order valence-electron chi connectivity index (χ4n) is 2.38. The highest BCUT2D eigenvalue weighted by Crippen LogP contribution is 2.23. The van der Waals surface area contributed by atoms with Crippen molar-refractivity contribution in [2.75, 3.05) is 13.1 Å². The molecule has 1 aliphatic heterocycles. The van der Waals surface area contributed by atoms with E-state index in [4.69, 9.17) is 5.73 Å². The van der Waals surface area contributed by atoms with Gasteiger partial charge in [-0.15, -0.1) is 12.4 Å². The van der Waals surface area contributed by atoms with Crippen LogP contribution in [0.1, 0.15) is 40.0 Å². The molecule has 0 bridgehead atoms. The Morgan fingerprint density at radius 1 is 1.50 bits per heavy atom. The van der Waals surface area contributed by atoms with Crippen LogP contribution in [0.2, 0.25) is 0 Å². The molecule has 1 fully saturated rings. The van der Waals surface area contributed by atoms with Crippen molar-refractivity contribution in [2.45, 2.75) is 46.1 Å². The van der Waals surface area contributed by atoms with Gasteiger partial charge in [0.1, 0.15) is 0 Å².